The van der Waals surface area contributed by atoms with E-state index in [2.05, 4.69) is 9.46 Å². The van der Waals surface area contributed by atoms with E-state index in [0.29, 0.717) is 12.8 Å². The minimum atomic E-state index is -3.97. The van der Waals surface area contributed by atoms with Gasteiger partial charge in [0.15, 0.2) is 0 Å². The van der Waals surface area contributed by atoms with Gasteiger partial charge in [0.2, 0.25) is 0 Å². The molecule has 0 saturated heterocycles. The molecule has 3 N–H and O–H groups in total. The molecule has 1 amide bonds. The molecule has 0 aromatic carbocycles. The van der Waals surface area contributed by atoms with Crippen LogP contribution in [-0.2, 0) is 14.9 Å². The summed E-state index contributed by atoms with van der Waals surface area (Å²) in [5.74, 6) is 0. The van der Waals surface area contributed by atoms with Crippen LogP contribution in [-0.4, -0.2) is 37.9 Å². The number of aliphatic hydroxyl groups excluding tert-OH is 1. The van der Waals surface area contributed by atoms with Gasteiger partial charge in [0.05, 0.1) is 18.2 Å². The van der Waals surface area contributed by atoms with Crippen LogP contribution < -0.4 is 9.44 Å². The normalized spacial score (nSPS) is 18.2. The molecule has 8 heteroatoms. The van der Waals surface area contributed by atoms with Gasteiger partial charge >= 0.3 is 16.3 Å². The van der Waals surface area contributed by atoms with Gasteiger partial charge in [-0.15, -0.1) is 0 Å². The van der Waals surface area contributed by atoms with Gasteiger partial charge in [0.1, 0.15) is 0 Å². The molecule has 0 unspecified atom stereocenters. The molecule has 1 aliphatic rings. The van der Waals surface area contributed by atoms with Crippen LogP contribution in [0, 0.1) is 0 Å². The minimum absolute atomic E-state index is 0.285. The molecule has 0 aromatic rings. The molecule has 16 heavy (non-hydrogen) atoms. The van der Waals surface area contributed by atoms with Crippen molar-refractivity contribution in [3.05, 3.63) is 0 Å². The van der Waals surface area contributed by atoms with Crippen LogP contribution in [0.25, 0.3) is 0 Å². The van der Waals surface area contributed by atoms with Gasteiger partial charge in [0.25, 0.3) is 0 Å². The van der Waals surface area contributed by atoms with Crippen LogP contribution in [0.3, 0.4) is 0 Å². The fourth-order valence-electron chi connectivity index (χ4n) is 1.10. The summed E-state index contributed by atoms with van der Waals surface area (Å²) < 4.78 is 31.3. The highest BCUT2D eigenvalue weighted by Gasteiger charge is 2.45. The summed E-state index contributed by atoms with van der Waals surface area (Å²) in [5, 5.41) is 8.93. The first-order valence-electron chi connectivity index (χ1n) is 4.92. The molecule has 0 radical (unpaired) electrons. The van der Waals surface area contributed by atoms with Crippen LogP contribution in [0.1, 0.15) is 26.7 Å². The monoisotopic (exact) mass is 252 g/mol. The highest BCUT2D eigenvalue weighted by atomic mass is 32.2. The molecule has 0 bridgehead atoms. The molecule has 0 aliphatic heterocycles. The summed E-state index contributed by atoms with van der Waals surface area (Å²) in [4.78, 5) is 11.0. The molecule has 0 heterocycles. The Morgan fingerprint density at radius 1 is 1.50 bits per heavy atom. The highest BCUT2D eigenvalue weighted by Crippen LogP contribution is 2.34. The Morgan fingerprint density at radius 2 is 2.06 bits per heavy atom. The lowest BCUT2D eigenvalue weighted by molar-refractivity contribution is 0.121. The van der Waals surface area contributed by atoms with Gasteiger partial charge in [-0.05, 0) is 26.7 Å². The van der Waals surface area contributed by atoms with E-state index in [1.807, 2.05) is 0 Å². The fraction of sp³-hybridized carbons (Fsp3) is 0.875. The maximum absolute atomic E-state index is 11.4. The average molecular weight is 252 g/mol. The smallest absolute Gasteiger partial charge is 0.422 e. The molecular formula is C8H16N2O5S. The second-order valence-corrected chi connectivity index (χ2v) is 5.52. The van der Waals surface area contributed by atoms with Crippen LogP contribution >= 0.6 is 0 Å². The van der Waals surface area contributed by atoms with E-state index >= 15 is 0 Å². The average Bonchev–Trinajstić information content (AvgIpc) is 2.81. The minimum Gasteiger partial charge on any atom is -0.446 e. The zero-order valence-electron chi connectivity index (χ0n) is 9.19. The Kier molecular flexibility index (Phi) is 3.76. The maximum atomic E-state index is 11.4. The number of nitrogens with one attached hydrogen (secondary N) is 2. The van der Waals surface area contributed by atoms with Crippen molar-refractivity contribution in [2.24, 2.45) is 0 Å². The number of amides is 1. The number of hydrogen-bond acceptors (Lipinski definition) is 5. The van der Waals surface area contributed by atoms with Gasteiger partial charge in [-0.25, -0.2) is 9.52 Å². The molecule has 1 saturated carbocycles. The third-order valence-electron chi connectivity index (χ3n) is 2.07. The van der Waals surface area contributed by atoms with Gasteiger partial charge < -0.3 is 9.84 Å². The van der Waals surface area contributed by atoms with Crippen molar-refractivity contribution in [3.8, 4) is 0 Å². The van der Waals surface area contributed by atoms with Crippen LogP contribution in [0.15, 0.2) is 0 Å². The second kappa shape index (κ2) is 4.56. The molecule has 1 fully saturated rings. The molecule has 94 valence electrons. The first-order chi connectivity index (χ1) is 7.29. The standard InChI is InChI=1S/C8H16N2O5S/c1-6(2)15-7(12)9-16(13,14)10-8(5-11)3-4-8/h6,10-11H,3-5H2,1-2H3,(H,9,12). The first-order valence-corrected chi connectivity index (χ1v) is 6.40. The van der Waals surface area contributed by atoms with E-state index in [0.717, 1.165) is 0 Å². The van der Waals surface area contributed by atoms with E-state index in [-0.39, 0.29) is 6.61 Å². The largest absolute Gasteiger partial charge is 0.446 e. The van der Waals surface area contributed by atoms with Crippen LogP contribution in [0.2, 0.25) is 0 Å². The molecule has 1 aliphatic carbocycles. The quantitative estimate of drug-likeness (QED) is 0.610. The maximum Gasteiger partial charge on any atom is 0.422 e. The van der Waals surface area contributed by atoms with Crippen molar-refractivity contribution in [1.82, 2.24) is 9.44 Å². The topological polar surface area (TPSA) is 105 Å². The summed E-state index contributed by atoms with van der Waals surface area (Å²) in [6.07, 6.45) is -0.313. The van der Waals surface area contributed by atoms with E-state index < -0.39 is 27.9 Å². The third kappa shape index (κ3) is 3.95. The third-order valence-corrected chi connectivity index (χ3v) is 3.20. The van der Waals surface area contributed by atoms with Crippen molar-refractivity contribution in [3.63, 3.8) is 0 Å². The van der Waals surface area contributed by atoms with Crippen LogP contribution in [0.5, 0.6) is 0 Å². The number of carbonyl (C=O) groups is 1. The molecule has 0 atom stereocenters. The van der Waals surface area contributed by atoms with Crippen molar-refractivity contribution in [2.45, 2.75) is 38.3 Å². The molecule has 0 spiro atoms. The number of hydrogen-bond donors (Lipinski definition) is 3. The van der Waals surface area contributed by atoms with Gasteiger partial charge in [-0.2, -0.15) is 13.1 Å². The Balaban J connectivity index is 2.49. The Labute approximate surface area is 94.4 Å². The predicted molar refractivity (Wildman–Crippen MR) is 55.9 cm³/mol. The van der Waals surface area contributed by atoms with Gasteiger partial charge in [-0.1, -0.05) is 0 Å². The summed E-state index contributed by atoms with van der Waals surface area (Å²) in [6, 6.07) is 0. The molecule has 1 rings (SSSR count). The zero-order valence-corrected chi connectivity index (χ0v) is 10.0. The van der Waals surface area contributed by atoms with Gasteiger partial charge in [0, 0.05) is 0 Å². The van der Waals surface area contributed by atoms with Gasteiger partial charge in [-0.3, -0.25) is 0 Å². The van der Waals surface area contributed by atoms with Crippen molar-refractivity contribution < 1.29 is 23.1 Å². The van der Waals surface area contributed by atoms with E-state index in [1.165, 1.54) is 0 Å². The summed E-state index contributed by atoms with van der Waals surface area (Å²) in [7, 11) is -3.97. The Bertz CT molecular complexity index is 361. The number of rotatable bonds is 5. The first kappa shape index (κ1) is 13.2. The Hall–Kier alpha value is -0.860. The lowest BCUT2D eigenvalue weighted by atomic mass is 10.3. The van der Waals surface area contributed by atoms with Crippen LogP contribution in [0.4, 0.5) is 4.79 Å². The lowest BCUT2D eigenvalue weighted by Gasteiger charge is -2.15. The highest BCUT2D eigenvalue weighted by molar-refractivity contribution is 7.88. The van der Waals surface area contributed by atoms with Crippen molar-refractivity contribution >= 4 is 16.3 Å². The number of carbonyl (C=O) groups excluding carboxylic acids is 1. The fourth-order valence-corrected chi connectivity index (χ4v) is 2.26. The van der Waals surface area contributed by atoms with E-state index in [4.69, 9.17) is 5.11 Å². The molecule has 0 aromatic heterocycles. The summed E-state index contributed by atoms with van der Waals surface area (Å²) in [5.41, 5.74) is -0.802. The Morgan fingerprint density at radius 3 is 2.44 bits per heavy atom. The zero-order chi connectivity index (χ0) is 12.4. The molecular weight excluding hydrogens is 236 g/mol. The van der Waals surface area contributed by atoms with E-state index in [9.17, 15) is 13.2 Å². The van der Waals surface area contributed by atoms with Crippen molar-refractivity contribution in [2.75, 3.05) is 6.61 Å². The SMILES string of the molecule is CC(C)OC(=O)NS(=O)(=O)NC1(CO)CC1. The summed E-state index contributed by atoms with van der Waals surface area (Å²) in [6.45, 7) is 2.93. The predicted octanol–water partition coefficient (Wildman–Crippen LogP) is -0.520. The summed E-state index contributed by atoms with van der Waals surface area (Å²) >= 11 is 0. The van der Waals surface area contributed by atoms with E-state index in [1.54, 1.807) is 18.6 Å². The molecule has 7 nitrogen and oxygen atoms in total. The van der Waals surface area contributed by atoms with Crippen molar-refractivity contribution in [1.29, 1.82) is 0 Å². The number of aliphatic hydroxyl groups is 1. The number of ether oxygens (including phenoxy) is 1. The lowest BCUT2D eigenvalue weighted by Crippen LogP contribution is -2.48. The second-order valence-electron chi connectivity index (χ2n) is 4.10.